The number of aryl methyl sites for hydroxylation is 1. The van der Waals surface area contributed by atoms with Gasteiger partial charge in [-0.2, -0.15) is 0 Å². The molecule has 4 rings (SSSR count). The van der Waals surface area contributed by atoms with Crippen LogP contribution in [0.25, 0.3) is 17.0 Å². The summed E-state index contributed by atoms with van der Waals surface area (Å²) >= 11 is 0. The largest absolute Gasteiger partial charge is 0.459 e. The highest BCUT2D eigenvalue weighted by Crippen LogP contribution is 2.26. The number of hydrogen-bond acceptors (Lipinski definition) is 5. The number of aromatic nitrogens is 1. The second kappa shape index (κ2) is 8.00. The molecule has 0 radical (unpaired) electrons. The first-order valence-corrected chi connectivity index (χ1v) is 10.2. The smallest absolute Gasteiger partial charge is 0.246 e. The van der Waals surface area contributed by atoms with E-state index in [1.165, 1.54) is 6.08 Å². The van der Waals surface area contributed by atoms with Crippen LogP contribution in [0, 0.1) is 6.92 Å². The van der Waals surface area contributed by atoms with E-state index in [0.29, 0.717) is 18.9 Å². The first-order chi connectivity index (χ1) is 14.7. The summed E-state index contributed by atoms with van der Waals surface area (Å²) in [4.78, 5) is 30.8. The van der Waals surface area contributed by atoms with Gasteiger partial charge in [0.05, 0.1) is 12.1 Å². The lowest BCUT2D eigenvalue weighted by Gasteiger charge is -2.21. The highest BCUT2D eigenvalue weighted by atomic mass is 16.3. The van der Waals surface area contributed by atoms with Crippen LogP contribution in [-0.4, -0.2) is 34.3 Å². The van der Waals surface area contributed by atoms with Gasteiger partial charge in [-0.25, -0.2) is 4.98 Å². The predicted octanol–water partition coefficient (Wildman–Crippen LogP) is 3.63. The van der Waals surface area contributed by atoms with Crippen LogP contribution in [0.1, 0.15) is 36.3 Å². The van der Waals surface area contributed by atoms with E-state index < -0.39 is 5.54 Å². The van der Waals surface area contributed by atoms with E-state index in [1.54, 1.807) is 24.2 Å². The summed E-state index contributed by atoms with van der Waals surface area (Å²) in [6.45, 7) is 6.55. The third-order valence-corrected chi connectivity index (χ3v) is 5.63. The fourth-order valence-corrected chi connectivity index (χ4v) is 3.49. The van der Waals surface area contributed by atoms with Crippen molar-refractivity contribution in [2.45, 2.75) is 39.4 Å². The van der Waals surface area contributed by atoms with Gasteiger partial charge in [0.2, 0.25) is 11.8 Å². The average Bonchev–Trinajstić information content (AvgIpc) is 3.00. The average molecular weight is 418 g/mol. The Hall–Kier alpha value is -3.45. The van der Waals surface area contributed by atoms with Gasteiger partial charge in [-0.05, 0) is 44.5 Å². The molecule has 0 fully saturated rings. The number of anilines is 1. The van der Waals surface area contributed by atoms with Crippen LogP contribution in [-0.2, 0) is 22.7 Å². The minimum atomic E-state index is -0.676. The number of rotatable bonds is 4. The van der Waals surface area contributed by atoms with E-state index >= 15 is 0 Å². The SMILES string of the molecule is Cc1c(CN(C)C(=O)C=Cc2cnc3c(c2)CNC(C)(C)C(=O)N3)oc2ccccc12. The molecular weight excluding hydrogens is 392 g/mol. The molecule has 1 aliphatic rings. The Morgan fingerprint density at radius 2 is 2.10 bits per heavy atom. The topological polar surface area (TPSA) is 87.5 Å². The Kier molecular flexibility index (Phi) is 5.37. The van der Waals surface area contributed by atoms with Crippen LogP contribution in [0.15, 0.2) is 47.0 Å². The first-order valence-electron chi connectivity index (χ1n) is 10.2. The van der Waals surface area contributed by atoms with Crippen molar-refractivity contribution in [2.75, 3.05) is 12.4 Å². The quantitative estimate of drug-likeness (QED) is 0.632. The van der Waals surface area contributed by atoms with Crippen LogP contribution in [0.5, 0.6) is 0 Å². The molecule has 7 heteroatoms. The van der Waals surface area contributed by atoms with E-state index in [9.17, 15) is 9.59 Å². The van der Waals surface area contributed by atoms with Gasteiger partial charge in [0.15, 0.2) is 0 Å². The summed E-state index contributed by atoms with van der Waals surface area (Å²) < 4.78 is 5.91. The summed E-state index contributed by atoms with van der Waals surface area (Å²) in [5.41, 5.74) is 2.86. The number of fused-ring (bicyclic) bond motifs is 2. The van der Waals surface area contributed by atoms with Crippen LogP contribution < -0.4 is 10.6 Å². The normalized spacial score (nSPS) is 15.5. The van der Waals surface area contributed by atoms with Gasteiger partial charge < -0.3 is 14.6 Å². The Balaban J connectivity index is 1.46. The van der Waals surface area contributed by atoms with E-state index in [4.69, 9.17) is 4.42 Å². The Labute approximate surface area is 181 Å². The van der Waals surface area contributed by atoms with Gasteiger partial charge in [-0.3, -0.25) is 14.9 Å². The van der Waals surface area contributed by atoms with Gasteiger partial charge in [-0.1, -0.05) is 18.2 Å². The molecule has 1 aromatic carbocycles. The number of furan rings is 1. The van der Waals surface area contributed by atoms with E-state index in [1.807, 2.05) is 51.1 Å². The molecular formula is C24H26N4O3. The third-order valence-electron chi connectivity index (χ3n) is 5.63. The number of likely N-dealkylation sites (N-methyl/N-ethyl adjacent to an activating group) is 1. The van der Waals surface area contributed by atoms with Crippen molar-refractivity contribution in [3.05, 3.63) is 65.1 Å². The molecule has 3 aromatic rings. The summed E-state index contributed by atoms with van der Waals surface area (Å²) in [6, 6.07) is 9.77. The van der Waals surface area contributed by atoms with Crippen molar-refractivity contribution in [3.8, 4) is 0 Å². The standard InChI is InChI=1S/C24H26N4O3/c1-15-18-7-5-6-8-19(18)31-20(15)14-28(4)21(29)10-9-16-11-17-13-26-24(2,3)23(30)27-22(17)25-12-16/h5-12,26H,13-14H2,1-4H3,(H,25,27,30). The maximum atomic E-state index is 12.6. The molecule has 2 N–H and O–H groups in total. The van der Waals surface area contributed by atoms with Crippen LogP contribution >= 0.6 is 0 Å². The predicted molar refractivity (Wildman–Crippen MR) is 120 cm³/mol. The maximum absolute atomic E-state index is 12.6. The monoisotopic (exact) mass is 418 g/mol. The zero-order valence-corrected chi connectivity index (χ0v) is 18.2. The molecule has 0 spiro atoms. The van der Waals surface area contributed by atoms with Gasteiger partial charge in [0, 0.05) is 42.4 Å². The molecule has 31 heavy (non-hydrogen) atoms. The number of hydrogen-bond donors (Lipinski definition) is 2. The zero-order chi connectivity index (χ0) is 22.2. The van der Waals surface area contributed by atoms with E-state index in [2.05, 4.69) is 15.6 Å². The molecule has 3 heterocycles. The van der Waals surface area contributed by atoms with Gasteiger partial charge in [0.25, 0.3) is 0 Å². The summed E-state index contributed by atoms with van der Waals surface area (Å²) in [6.07, 6.45) is 4.90. The second-order valence-corrected chi connectivity index (χ2v) is 8.38. The number of carbonyl (C=O) groups excluding carboxylic acids is 2. The van der Waals surface area contributed by atoms with Gasteiger partial charge in [0.1, 0.15) is 17.2 Å². The van der Waals surface area contributed by atoms with Crippen LogP contribution in [0.3, 0.4) is 0 Å². The molecule has 0 aliphatic carbocycles. The Morgan fingerprint density at radius 3 is 2.87 bits per heavy atom. The van der Waals surface area contributed by atoms with Crippen LogP contribution in [0.4, 0.5) is 5.82 Å². The van der Waals surface area contributed by atoms with Crippen molar-refractivity contribution >= 4 is 34.7 Å². The highest BCUT2D eigenvalue weighted by molar-refractivity contribution is 5.98. The Morgan fingerprint density at radius 1 is 1.32 bits per heavy atom. The molecule has 0 saturated carbocycles. The molecule has 0 atom stereocenters. The molecule has 0 unspecified atom stereocenters. The van der Waals surface area contributed by atoms with Crippen molar-refractivity contribution < 1.29 is 14.0 Å². The molecule has 2 aromatic heterocycles. The van der Waals surface area contributed by atoms with Crippen molar-refractivity contribution in [1.29, 1.82) is 0 Å². The molecule has 160 valence electrons. The summed E-state index contributed by atoms with van der Waals surface area (Å²) in [7, 11) is 1.75. The number of nitrogens with zero attached hydrogens (tertiary/aromatic N) is 2. The van der Waals surface area contributed by atoms with E-state index in [0.717, 1.165) is 33.4 Å². The molecule has 1 aliphatic heterocycles. The lowest BCUT2D eigenvalue weighted by atomic mass is 10.1. The Bertz CT molecular complexity index is 1190. The minimum absolute atomic E-state index is 0.125. The number of nitrogens with one attached hydrogen (secondary N) is 2. The van der Waals surface area contributed by atoms with Gasteiger partial charge in [-0.15, -0.1) is 0 Å². The second-order valence-electron chi connectivity index (χ2n) is 8.38. The fraction of sp³-hybridized carbons (Fsp3) is 0.292. The minimum Gasteiger partial charge on any atom is -0.459 e. The number of carbonyl (C=O) groups is 2. The highest BCUT2D eigenvalue weighted by Gasteiger charge is 2.30. The first kappa shape index (κ1) is 20.8. The molecule has 0 bridgehead atoms. The maximum Gasteiger partial charge on any atom is 0.246 e. The lowest BCUT2D eigenvalue weighted by Crippen LogP contribution is -2.47. The molecule has 2 amide bonds. The summed E-state index contributed by atoms with van der Waals surface area (Å²) in [5.74, 6) is 1.06. The fourth-order valence-electron chi connectivity index (χ4n) is 3.49. The molecule has 7 nitrogen and oxygen atoms in total. The van der Waals surface area contributed by atoms with Gasteiger partial charge >= 0.3 is 0 Å². The number of para-hydroxylation sites is 1. The van der Waals surface area contributed by atoms with Crippen molar-refractivity contribution in [1.82, 2.24) is 15.2 Å². The lowest BCUT2D eigenvalue weighted by molar-refractivity contribution is -0.125. The summed E-state index contributed by atoms with van der Waals surface area (Å²) in [5, 5.41) is 7.13. The number of benzene rings is 1. The van der Waals surface area contributed by atoms with E-state index in [-0.39, 0.29) is 11.8 Å². The van der Waals surface area contributed by atoms with Crippen LogP contribution in [0.2, 0.25) is 0 Å². The number of pyridine rings is 1. The molecule has 0 saturated heterocycles. The van der Waals surface area contributed by atoms with Crippen molar-refractivity contribution in [2.24, 2.45) is 0 Å². The third kappa shape index (κ3) is 4.22. The number of amides is 2. The zero-order valence-electron chi connectivity index (χ0n) is 18.2. The van der Waals surface area contributed by atoms with Crippen molar-refractivity contribution in [3.63, 3.8) is 0 Å².